The normalized spacial score (nSPS) is 11.7. The molecule has 2 N–H and O–H groups in total. The Morgan fingerprint density at radius 2 is 1.59 bits per heavy atom. The Morgan fingerprint density at radius 1 is 1.00 bits per heavy atom. The smallest absolute Gasteiger partial charge is 0.119 e. The van der Waals surface area contributed by atoms with Crippen LogP contribution in [0, 0.1) is 5.41 Å². The van der Waals surface area contributed by atoms with E-state index in [1.165, 1.54) is 31.7 Å². The van der Waals surface area contributed by atoms with Crippen LogP contribution in [0.1, 0.15) is 52.0 Å². The van der Waals surface area contributed by atoms with Crippen LogP contribution < -0.4 is 0 Å². The minimum Gasteiger partial charge on any atom is -0.508 e. The predicted octanol–water partition coefficient (Wildman–Crippen LogP) is 4.25. The average Bonchev–Trinajstić information content (AvgIpc) is 2.14. The van der Waals surface area contributed by atoms with Gasteiger partial charge in [0.1, 0.15) is 11.5 Å². The minimum atomic E-state index is 0.143. The van der Waals surface area contributed by atoms with Gasteiger partial charge in [0.15, 0.2) is 0 Å². The quantitative estimate of drug-likeness (QED) is 0.725. The van der Waals surface area contributed by atoms with E-state index in [4.69, 9.17) is 0 Å². The number of unbranched alkanes of at least 4 members (excludes halogenated alkanes) is 2. The van der Waals surface area contributed by atoms with E-state index in [0.717, 1.165) is 12.0 Å². The molecule has 0 heterocycles. The van der Waals surface area contributed by atoms with E-state index in [0.29, 0.717) is 0 Å². The van der Waals surface area contributed by atoms with Crippen LogP contribution in [-0.2, 0) is 6.42 Å². The molecule has 0 saturated carbocycles. The number of phenols is 2. The highest BCUT2D eigenvalue weighted by Gasteiger charge is 2.18. The second-order valence-corrected chi connectivity index (χ2v) is 5.66. The molecule has 0 atom stereocenters. The van der Waals surface area contributed by atoms with E-state index >= 15 is 0 Å². The van der Waals surface area contributed by atoms with Gasteiger partial charge >= 0.3 is 0 Å². The van der Waals surface area contributed by atoms with Gasteiger partial charge in [-0.1, -0.05) is 40.0 Å². The lowest BCUT2D eigenvalue weighted by Crippen LogP contribution is -2.14. The van der Waals surface area contributed by atoms with Gasteiger partial charge in [-0.25, -0.2) is 0 Å². The summed E-state index contributed by atoms with van der Waals surface area (Å²) in [5.41, 5.74) is 1.22. The summed E-state index contributed by atoms with van der Waals surface area (Å²) in [7, 11) is 0. The van der Waals surface area contributed by atoms with E-state index in [1.54, 1.807) is 12.1 Å². The average molecular weight is 236 g/mol. The van der Waals surface area contributed by atoms with Crippen LogP contribution in [0.3, 0.4) is 0 Å². The standard InChI is InChI=1S/C15H24O2/c1-4-5-6-7-15(2,3)11-12-8-13(16)10-14(17)9-12/h8-10,16-17H,4-7,11H2,1-3H3. The molecule has 0 fully saturated rings. The van der Waals surface area contributed by atoms with Crippen LogP contribution in [-0.4, -0.2) is 10.2 Å². The van der Waals surface area contributed by atoms with Crippen molar-refractivity contribution < 1.29 is 10.2 Å². The molecule has 0 aromatic heterocycles. The summed E-state index contributed by atoms with van der Waals surface area (Å²) < 4.78 is 0. The first-order valence-corrected chi connectivity index (χ1v) is 6.45. The monoisotopic (exact) mass is 236 g/mol. The van der Waals surface area contributed by atoms with E-state index in [1.807, 2.05) is 0 Å². The lowest BCUT2D eigenvalue weighted by atomic mass is 9.81. The molecular weight excluding hydrogens is 212 g/mol. The highest BCUT2D eigenvalue weighted by Crippen LogP contribution is 2.31. The maximum Gasteiger partial charge on any atom is 0.119 e. The van der Waals surface area contributed by atoms with Gasteiger partial charge in [0, 0.05) is 6.07 Å². The van der Waals surface area contributed by atoms with Crippen molar-refractivity contribution in [3.05, 3.63) is 23.8 Å². The van der Waals surface area contributed by atoms with Gasteiger partial charge in [-0.05, 0) is 36.0 Å². The number of aromatic hydroxyl groups is 2. The molecule has 1 rings (SSSR count). The third-order valence-electron chi connectivity index (χ3n) is 3.10. The minimum absolute atomic E-state index is 0.143. The molecule has 0 aliphatic carbocycles. The largest absolute Gasteiger partial charge is 0.508 e. The van der Waals surface area contributed by atoms with Crippen molar-refractivity contribution in [2.75, 3.05) is 0 Å². The zero-order valence-corrected chi connectivity index (χ0v) is 11.2. The summed E-state index contributed by atoms with van der Waals surface area (Å²) in [4.78, 5) is 0. The topological polar surface area (TPSA) is 40.5 Å². The first-order chi connectivity index (χ1) is 7.93. The molecule has 0 amide bonds. The van der Waals surface area contributed by atoms with E-state index < -0.39 is 0 Å². The maximum absolute atomic E-state index is 9.44. The molecule has 17 heavy (non-hydrogen) atoms. The van der Waals surface area contributed by atoms with E-state index in [-0.39, 0.29) is 16.9 Å². The molecule has 1 aromatic carbocycles. The van der Waals surface area contributed by atoms with Crippen LogP contribution in [0.15, 0.2) is 18.2 Å². The van der Waals surface area contributed by atoms with Gasteiger partial charge in [0.25, 0.3) is 0 Å². The van der Waals surface area contributed by atoms with Crippen LogP contribution in [0.25, 0.3) is 0 Å². The lowest BCUT2D eigenvalue weighted by Gasteiger charge is -2.24. The lowest BCUT2D eigenvalue weighted by molar-refractivity contribution is 0.317. The SMILES string of the molecule is CCCCCC(C)(C)Cc1cc(O)cc(O)c1. The van der Waals surface area contributed by atoms with Crippen molar-refractivity contribution in [1.29, 1.82) is 0 Å². The van der Waals surface area contributed by atoms with Crippen molar-refractivity contribution in [3.63, 3.8) is 0 Å². The zero-order valence-electron chi connectivity index (χ0n) is 11.2. The van der Waals surface area contributed by atoms with Crippen molar-refractivity contribution in [1.82, 2.24) is 0 Å². The molecule has 0 saturated heterocycles. The van der Waals surface area contributed by atoms with Crippen LogP contribution in [0.2, 0.25) is 0 Å². The van der Waals surface area contributed by atoms with Crippen LogP contribution >= 0.6 is 0 Å². The Morgan fingerprint density at radius 3 is 2.12 bits per heavy atom. The summed E-state index contributed by atoms with van der Waals surface area (Å²) in [5.74, 6) is 0.286. The van der Waals surface area contributed by atoms with Crippen LogP contribution in [0.4, 0.5) is 0 Å². The fraction of sp³-hybridized carbons (Fsp3) is 0.600. The molecule has 0 radical (unpaired) electrons. The molecule has 2 nitrogen and oxygen atoms in total. The van der Waals surface area contributed by atoms with Gasteiger partial charge in [0.05, 0.1) is 0 Å². The number of rotatable bonds is 6. The fourth-order valence-corrected chi connectivity index (χ4v) is 2.25. The number of hydrogen-bond donors (Lipinski definition) is 2. The predicted molar refractivity (Wildman–Crippen MR) is 71.4 cm³/mol. The summed E-state index contributed by atoms with van der Waals surface area (Å²) >= 11 is 0. The first kappa shape index (κ1) is 13.9. The van der Waals surface area contributed by atoms with Gasteiger partial charge in [-0.15, -0.1) is 0 Å². The third kappa shape index (κ3) is 5.12. The molecule has 0 aliphatic heterocycles. The maximum atomic E-state index is 9.44. The Balaban J connectivity index is 2.62. The zero-order chi connectivity index (χ0) is 12.9. The van der Waals surface area contributed by atoms with E-state index in [2.05, 4.69) is 20.8 Å². The Kier molecular flexibility index (Phi) is 4.86. The fourth-order valence-electron chi connectivity index (χ4n) is 2.25. The second-order valence-electron chi connectivity index (χ2n) is 5.66. The summed E-state index contributed by atoms with van der Waals surface area (Å²) in [6.45, 7) is 6.69. The first-order valence-electron chi connectivity index (χ1n) is 6.45. The Bertz CT molecular complexity index is 336. The molecule has 0 bridgehead atoms. The molecule has 2 heteroatoms. The van der Waals surface area contributed by atoms with Crippen molar-refractivity contribution in [2.45, 2.75) is 52.9 Å². The van der Waals surface area contributed by atoms with Crippen molar-refractivity contribution >= 4 is 0 Å². The van der Waals surface area contributed by atoms with E-state index in [9.17, 15) is 10.2 Å². The third-order valence-corrected chi connectivity index (χ3v) is 3.10. The van der Waals surface area contributed by atoms with Gasteiger partial charge < -0.3 is 10.2 Å². The van der Waals surface area contributed by atoms with Gasteiger partial charge in [-0.2, -0.15) is 0 Å². The second kappa shape index (κ2) is 5.95. The highest BCUT2D eigenvalue weighted by molar-refractivity contribution is 5.37. The van der Waals surface area contributed by atoms with Crippen LogP contribution in [0.5, 0.6) is 11.5 Å². The Hall–Kier alpha value is -1.18. The summed E-state index contributed by atoms with van der Waals surface area (Å²) in [5, 5.41) is 18.9. The molecule has 0 unspecified atom stereocenters. The number of phenolic OH excluding ortho intramolecular Hbond substituents is 2. The molecule has 0 spiro atoms. The molecule has 96 valence electrons. The molecular formula is C15H24O2. The number of hydrogen-bond acceptors (Lipinski definition) is 2. The van der Waals surface area contributed by atoms with Crippen molar-refractivity contribution in [3.8, 4) is 11.5 Å². The molecule has 0 aliphatic rings. The molecule has 1 aromatic rings. The Labute approximate surface area is 104 Å². The van der Waals surface area contributed by atoms with Crippen molar-refractivity contribution in [2.24, 2.45) is 5.41 Å². The van der Waals surface area contributed by atoms with Gasteiger partial charge in [0.2, 0.25) is 0 Å². The van der Waals surface area contributed by atoms with Gasteiger partial charge in [-0.3, -0.25) is 0 Å². The summed E-state index contributed by atoms with van der Waals surface area (Å²) in [6, 6.07) is 4.84. The highest BCUT2D eigenvalue weighted by atomic mass is 16.3. The number of benzene rings is 1. The summed E-state index contributed by atoms with van der Waals surface area (Å²) in [6.07, 6.45) is 5.82.